The standard InChI is InChI=1S/C16H27N3O4/c1-9-7-10(8-11(17)13(9)18)14(21)12(20)5-6-19-15(22)23-16(2,3)4/h7-8,12,14,20-21H,5-6,17-18H2,1-4H3,(H,19,22). The number of benzene rings is 1. The van der Waals surface area contributed by atoms with Crippen molar-refractivity contribution in [2.75, 3.05) is 18.0 Å². The van der Waals surface area contributed by atoms with Crippen molar-refractivity contribution in [2.24, 2.45) is 0 Å². The molecule has 0 saturated carbocycles. The summed E-state index contributed by atoms with van der Waals surface area (Å²) in [7, 11) is 0. The van der Waals surface area contributed by atoms with E-state index in [0.29, 0.717) is 16.9 Å². The van der Waals surface area contributed by atoms with E-state index in [0.717, 1.165) is 5.56 Å². The van der Waals surface area contributed by atoms with Gasteiger partial charge in [0.15, 0.2) is 0 Å². The molecule has 1 aromatic carbocycles. The Morgan fingerprint density at radius 1 is 1.30 bits per heavy atom. The van der Waals surface area contributed by atoms with E-state index in [9.17, 15) is 15.0 Å². The minimum atomic E-state index is -1.11. The van der Waals surface area contributed by atoms with Gasteiger partial charge in [-0.1, -0.05) is 6.07 Å². The molecule has 0 saturated heterocycles. The Balaban J connectivity index is 2.55. The first-order valence-electron chi connectivity index (χ1n) is 7.49. The van der Waals surface area contributed by atoms with Gasteiger partial charge >= 0.3 is 6.09 Å². The number of aliphatic hydroxyl groups is 2. The smallest absolute Gasteiger partial charge is 0.407 e. The van der Waals surface area contributed by atoms with Gasteiger partial charge in [0.1, 0.15) is 11.7 Å². The average Bonchev–Trinajstić information content (AvgIpc) is 2.41. The Hall–Kier alpha value is -1.99. The lowest BCUT2D eigenvalue weighted by molar-refractivity contribution is 0.0123. The molecule has 7 nitrogen and oxygen atoms in total. The molecule has 23 heavy (non-hydrogen) atoms. The second kappa shape index (κ2) is 7.52. The molecule has 130 valence electrons. The summed E-state index contributed by atoms with van der Waals surface area (Å²) in [5.74, 6) is 0. The van der Waals surface area contributed by atoms with Crippen LogP contribution in [0.2, 0.25) is 0 Å². The van der Waals surface area contributed by atoms with Gasteiger partial charge in [0.2, 0.25) is 0 Å². The zero-order valence-corrected chi connectivity index (χ0v) is 14.1. The molecular formula is C16H27N3O4. The highest BCUT2D eigenvalue weighted by atomic mass is 16.6. The number of anilines is 2. The summed E-state index contributed by atoms with van der Waals surface area (Å²) >= 11 is 0. The second-order valence-electron chi connectivity index (χ2n) is 6.57. The molecule has 0 radical (unpaired) electrons. The molecule has 1 aromatic rings. The number of alkyl carbamates (subject to hydrolysis) is 1. The topological polar surface area (TPSA) is 131 Å². The summed E-state index contributed by atoms with van der Waals surface area (Å²) in [6, 6.07) is 3.22. The highest BCUT2D eigenvalue weighted by molar-refractivity contribution is 5.68. The van der Waals surface area contributed by atoms with E-state index in [1.54, 1.807) is 33.8 Å². The van der Waals surface area contributed by atoms with Gasteiger partial charge in [-0.05, 0) is 51.3 Å². The van der Waals surface area contributed by atoms with E-state index in [1.807, 2.05) is 0 Å². The van der Waals surface area contributed by atoms with Crippen molar-refractivity contribution in [3.8, 4) is 0 Å². The van der Waals surface area contributed by atoms with Gasteiger partial charge in [-0.3, -0.25) is 0 Å². The molecule has 0 fully saturated rings. The molecular weight excluding hydrogens is 298 g/mol. The molecule has 0 aromatic heterocycles. The van der Waals surface area contributed by atoms with Crippen LogP contribution in [0.3, 0.4) is 0 Å². The van der Waals surface area contributed by atoms with Gasteiger partial charge in [-0.15, -0.1) is 0 Å². The van der Waals surface area contributed by atoms with E-state index in [1.165, 1.54) is 6.07 Å². The van der Waals surface area contributed by atoms with Crippen LogP contribution in [-0.2, 0) is 4.74 Å². The van der Waals surface area contributed by atoms with Gasteiger partial charge in [-0.2, -0.15) is 0 Å². The maximum Gasteiger partial charge on any atom is 0.407 e. The van der Waals surface area contributed by atoms with Crippen LogP contribution >= 0.6 is 0 Å². The van der Waals surface area contributed by atoms with Crippen LogP contribution in [0.25, 0.3) is 0 Å². The van der Waals surface area contributed by atoms with Crippen LogP contribution in [0.4, 0.5) is 16.2 Å². The molecule has 0 aliphatic heterocycles. The lowest BCUT2D eigenvalue weighted by atomic mass is 9.98. The number of aliphatic hydroxyl groups excluding tert-OH is 2. The van der Waals surface area contributed by atoms with Crippen LogP contribution in [0.5, 0.6) is 0 Å². The van der Waals surface area contributed by atoms with Crippen LogP contribution in [0, 0.1) is 6.92 Å². The van der Waals surface area contributed by atoms with Crippen LogP contribution in [0.15, 0.2) is 12.1 Å². The van der Waals surface area contributed by atoms with Crippen LogP contribution in [0.1, 0.15) is 44.4 Å². The molecule has 1 rings (SSSR count). The number of carbonyl (C=O) groups is 1. The van der Waals surface area contributed by atoms with Crippen LogP contribution in [-0.4, -0.2) is 34.6 Å². The lowest BCUT2D eigenvalue weighted by Crippen LogP contribution is -2.34. The molecule has 1 amide bonds. The average molecular weight is 325 g/mol. The quantitative estimate of drug-likeness (QED) is 0.521. The van der Waals surface area contributed by atoms with Crippen molar-refractivity contribution in [1.29, 1.82) is 0 Å². The number of carbonyl (C=O) groups excluding carboxylic acids is 1. The van der Waals surface area contributed by atoms with E-state index in [4.69, 9.17) is 16.2 Å². The summed E-state index contributed by atoms with van der Waals surface area (Å²) in [6.07, 6.45) is -2.56. The van der Waals surface area contributed by atoms with E-state index < -0.39 is 23.9 Å². The van der Waals surface area contributed by atoms with Crippen molar-refractivity contribution in [3.63, 3.8) is 0 Å². The zero-order valence-electron chi connectivity index (χ0n) is 14.1. The molecule has 0 aliphatic carbocycles. The fourth-order valence-corrected chi connectivity index (χ4v) is 2.04. The van der Waals surface area contributed by atoms with Crippen molar-refractivity contribution >= 4 is 17.5 Å². The van der Waals surface area contributed by atoms with E-state index in [2.05, 4.69) is 5.32 Å². The van der Waals surface area contributed by atoms with Crippen molar-refractivity contribution in [1.82, 2.24) is 5.32 Å². The summed E-state index contributed by atoms with van der Waals surface area (Å²) in [5.41, 5.74) is 13.0. The SMILES string of the molecule is Cc1cc(C(O)C(O)CCNC(=O)OC(C)(C)C)cc(N)c1N. The minimum absolute atomic E-state index is 0.170. The summed E-state index contributed by atoms with van der Waals surface area (Å²) < 4.78 is 5.08. The Morgan fingerprint density at radius 2 is 1.91 bits per heavy atom. The first kappa shape index (κ1) is 19.1. The van der Waals surface area contributed by atoms with E-state index in [-0.39, 0.29) is 13.0 Å². The van der Waals surface area contributed by atoms with Gasteiger partial charge < -0.3 is 31.7 Å². The lowest BCUT2D eigenvalue weighted by Gasteiger charge is -2.22. The third-order valence-corrected chi connectivity index (χ3v) is 3.26. The summed E-state index contributed by atoms with van der Waals surface area (Å²) in [4.78, 5) is 11.5. The number of nitrogens with two attached hydrogens (primary N) is 2. The first-order valence-corrected chi connectivity index (χ1v) is 7.49. The number of nitrogens with one attached hydrogen (secondary N) is 1. The van der Waals surface area contributed by atoms with Gasteiger partial charge in [0.05, 0.1) is 17.5 Å². The van der Waals surface area contributed by atoms with E-state index >= 15 is 0 Å². The number of ether oxygens (including phenoxy) is 1. The molecule has 0 spiro atoms. The second-order valence-corrected chi connectivity index (χ2v) is 6.57. The minimum Gasteiger partial charge on any atom is -0.444 e. The normalized spacial score (nSPS) is 14.2. The monoisotopic (exact) mass is 325 g/mol. The maximum atomic E-state index is 11.5. The Labute approximate surface area is 136 Å². The number of rotatable bonds is 5. The summed E-state index contributed by atoms with van der Waals surface area (Å²) in [5, 5.41) is 22.8. The maximum absolute atomic E-state index is 11.5. The van der Waals surface area contributed by atoms with Crippen molar-refractivity contribution < 1.29 is 19.7 Å². The number of hydrogen-bond donors (Lipinski definition) is 5. The molecule has 0 bridgehead atoms. The van der Waals surface area contributed by atoms with Gasteiger partial charge in [-0.25, -0.2) is 4.79 Å². The predicted molar refractivity (Wildman–Crippen MR) is 89.8 cm³/mol. The molecule has 2 atom stereocenters. The number of amides is 1. The first-order chi connectivity index (χ1) is 10.5. The highest BCUT2D eigenvalue weighted by Gasteiger charge is 2.21. The predicted octanol–water partition coefficient (Wildman–Crippen LogP) is 1.47. The molecule has 7 N–H and O–H groups in total. The van der Waals surface area contributed by atoms with Crippen molar-refractivity contribution in [3.05, 3.63) is 23.3 Å². The molecule has 0 aliphatic rings. The molecule has 0 heterocycles. The number of aryl methyl sites for hydroxylation is 1. The Kier molecular flexibility index (Phi) is 6.23. The largest absolute Gasteiger partial charge is 0.444 e. The molecule has 7 heteroatoms. The fraction of sp³-hybridized carbons (Fsp3) is 0.562. The number of hydrogen-bond acceptors (Lipinski definition) is 6. The Bertz CT molecular complexity index is 532. The van der Waals surface area contributed by atoms with Crippen molar-refractivity contribution in [2.45, 2.75) is 51.9 Å². The van der Waals surface area contributed by atoms with Gasteiger partial charge in [0.25, 0.3) is 0 Å². The number of nitrogen functional groups attached to an aromatic ring is 2. The Morgan fingerprint density at radius 3 is 2.43 bits per heavy atom. The zero-order chi connectivity index (χ0) is 17.8. The fourth-order valence-electron chi connectivity index (χ4n) is 2.04. The highest BCUT2D eigenvalue weighted by Crippen LogP contribution is 2.27. The summed E-state index contributed by atoms with van der Waals surface area (Å²) in [6.45, 7) is 7.24. The van der Waals surface area contributed by atoms with Crippen LogP contribution < -0.4 is 16.8 Å². The van der Waals surface area contributed by atoms with Gasteiger partial charge in [0, 0.05) is 6.54 Å². The molecule has 2 unspecified atom stereocenters. The third-order valence-electron chi connectivity index (χ3n) is 3.26. The third kappa shape index (κ3) is 5.96.